The van der Waals surface area contributed by atoms with E-state index < -0.39 is 0 Å². The number of anilines is 2. The molecule has 1 amide bonds. The number of benzene rings is 1. The summed E-state index contributed by atoms with van der Waals surface area (Å²) in [6.45, 7) is 5.39. The molecule has 0 atom stereocenters. The maximum absolute atomic E-state index is 12.7. The van der Waals surface area contributed by atoms with Crippen molar-refractivity contribution < 1.29 is 9.32 Å². The summed E-state index contributed by atoms with van der Waals surface area (Å²) in [4.78, 5) is 19.2. The number of aryl methyl sites for hydroxylation is 2. The van der Waals surface area contributed by atoms with Crippen LogP contribution in [0.3, 0.4) is 0 Å². The Kier molecular flexibility index (Phi) is 5.34. The van der Waals surface area contributed by atoms with E-state index in [1.807, 2.05) is 38.1 Å². The van der Waals surface area contributed by atoms with Crippen molar-refractivity contribution in [1.82, 2.24) is 20.3 Å². The largest absolute Gasteiger partial charge is 0.338 e. The van der Waals surface area contributed by atoms with E-state index in [1.54, 1.807) is 0 Å². The van der Waals surface area contributed by atoms with Gasteiger partial charge in [0.2, 0.25) is 11.8 Å². The molecule has 1 saturated heterocycles. The van der Waals surface area contributed by atoms with Crippen molar-refractivity contribution in [2.45, 2.75) is 33.1 Å². The van der Waals surface area contributed by atoms with Gasteiger partial charge in [-0.3, -0.25) is 4.79 Å². The Labute approximate surface area is 167 Å². The van der Waals surface area contributed by atoms with Crippen molar-refractivity contribution >= 4 is 28.9 Å². The van der Waals surface area contributed by atoms with Gasteiger partial charge < -0.3 is 14.7 Å². The van der Waals surface area contributed by atoms with Crippen LogP contribution in [0.1, 0.15) is 30.7 Å². The first-order valence-electron chi connectivity index (χ1n) is 9.41. The molecule has 3 aromatic rings. The number of amides is 1. The number of rotatable bonds is 5. The third kappa shape index (κ3) is 4.04. The summed E-state index contributed by atoms with van der Waals surface area (Å²) in [5.41, 5.74) is 1.74. The van der Waals surface area contributed by atoms with Crippen LogP contribution in [0.2, 0.25) is 0 Å². The maximum atomic E-state index is 12.7. The summed E-state index contributed by atoms with van der Waals surface area (Å²) < 4.78 is 5.18. The predicted octanol–water partition coefficient (Wildman–Crippen LogP) is 3.31. The maximum Gasteiger partial charge on any atom is 0.266 e. The van der Waals surface area contributed by atoms with E-state index in [2.05, 4.69) is 30.6 Å². The first-order chi connectivity index (χ1) is 13.6. The molecule has 2 aromatic heterocycles. The van der Waals surface area contributed by atoms with Crippen molar-refractivity contribution in [3.05, 3.63) is 35.2 Å². The second-order valence-electron chi connectivity index (χ2n) is 6.80. The average Bonchev–Trinajstić information content (AvgIpc) is 3.37. The van der Waals surface area contributed by atoms with Crippen molar-refractivity contribution in [1.29, 1.82) is 0 Å². The Morgan fingerprint density at radius 3 is 2.82 bits per heavy atom. The number of carbonyl (C=O) groups is 1. The molecule has 8 nitrogen and oxygen atoms in total. The summed E-state index contributed by atoms with van der Waals surface area (Å²) in [5.74, 6) is 1.28. The zero-order chi connectivity index (χ0) is 19.5. The summed E-state index contributed by atoms with van der Waals surface area (Å²) in [6.07, 6.45) is 2.25. The fraction of sp³-hybridized carbons (Fsp3) is 0.421. The Balaban J connectivity index is 1.36. The minimum Gasteiger partial charge on any atom is -0.338 e. The highest BCUT2D eigenvalue weighted by Crippen LogP contribution is 2.27. The Bertz CT molecular complexity index is 961. The van der Waals surface area contributed by atoms with Gasteiger partial charge in [-0.05, 0) is 37.1 Å². The highest BCUT2D eigenvalue weighted by Gasteiger charge is 2.27. The van der Waals surface area contributed by atoms with Crippen LogP contribution in [0.5, 0.6) is 0 Å². The van der Waals surface area contributed by atoms with E-state index >= 15 is 0 Å². The van der Waals surface area contributed by atoms with Gasteiger partial charge in [-0.25, -0.2) is 0 Å². The van der Waals surface area contributed by atoms with Gasteiger partial charge in [0.15, 0.2) is 0 Å². The van der Waals surface area contributed by atoms with Crippen molar-refractivity contribution in [3.63, 3.8) is 0 Å². The minimum absolute atomic E-state index is 0.0266. The molecule has 146 valence electrons. The summed E-state index contributed by atoms with van der Waals surface area (Å²) >= 11 is 1.54. The summed E-state index contributed by atoms with van der Waals surface area (Å²) in [6, 6.07) is 7.74. The second kappa shape index (κ2) is 8.05. The molecule has 1 N–H and O–H groups in total. The lowest BCUT2D eigenvalue weighted by atomic mass is 9.96. The molecule has 9 heteroatoms. The van der Waals surface area contributed by atoms with E-state index in [4.69, 9.17) is 4.52 Å². The van der Waals surface area contributed by atoms with Crippen LogP contribution < -0.4 is 10.2 Å². The van der Waals surface area contributed by atoms with Gasteiger partial charge in [-0.2, -0.15) is 4.98 Å². The van der Waals surface area contributed by atoms with Gasteiger partial charge in [0.1, 0.15) is 10.0 Å². The molecule has 4 rings (SSSR count). The van der Waals surface area contributed by atoms with Crippen LogP contribution in [-0.2, 0) is 11.2 Å². The lowest BCUT2D eigenvalue weighted by molar-refractivity contribution is -0.120. The highest BCUT2D eigenvalue weighted by molar-refractivity contribution is 7.14. The van der Waals surface area contributed by atoms with E-state index in [-0.39, 0.29) is 11.8 Å². The lowest BCUT2D eigenvalue weighted by Gasteiger charge is -2.30. The molecule has 1 aromatic carbocycles. The van der Waals surface area contributed by atoms with Crippen LogP contribution >= 0.6 is 11.3 Å². The standard InChI is InChI=1S/C19H22N6O2S/c1-3-16-21-19(24-27-16)25-9-7-13(8-10-25)17(26)20-15-6-4-5-14(11-15)18-23-22-12(2)28-18/h4-6,11,13H,3,7-10H2,1-2H3,(H,20,26). The van der Waals surface area contributed by atoms with Gasteiger partial charge in [0, 0.05) is 36.7 Å². The highest BCUT2D eigenvalue weighted by atomic mass is 32.1. The molecule has 1 fully saturated rings. The van der Waals surface area contributed by atoms with Gasteiger partial charge in [-0.15, -0.1) is 10.2 Å². The molecule has 1 aliphatic rings. The van der Waals surface area contributed by atoms with Gasteiger partial charge >= 0.3 is 0 Å². The number of hydrogen-bond donors (Lipinski definition) is 1. The third-order valence-electron chi connectivity index (χ3n) is 4.81. The van der Waals surface area contributed by atoms with E-state index in [9.17, 15) is 4.79 Å². The SMILES string of the molecule is CCc1nc(N2CCC(C(=O)Nc3cccc(-c4nnc(C)s4)c3)CC2)no1. The number of nitrogens with zero attached hydrogens (tertiary/aromatic N) is 5. The van der Waals surface area contributed by atoms with Crippen molar-refractivity contribution in [3.8, 4) is 10.6 Å². The van der Waals surface area contributed by atoms with Gasteiger partial charge in [0.25, 0.3) is 5.95 Å². The zero-order valence-corrected chi connectivity index (χ0v) is 16.7. The molecule has 3 heterocycles. The van der Waals surface area contributed by atoms with Crippen LogP contribution in [0.15, 0.2) is 28.8 Å². The van der Waals surface area contributed by atoms with E-state index in [0.717, 1.165) is 53.6 Å². The number of aromatic nitrogens is 4. The first-order valence-corrected chi connectivity index (χ1v) is 10.2. The molecular weight excluding hydrogens is 376 g/mol. The summed E-state index contributed by atoms with van der Waals surface area (Å²) in [7, 11) is 0. The molecule has 0 unspecified atom stereocenters. The second-order valence-corrected chi connectivity index (χ2v) is 7.98. The Morgan fingerprint density at radius 1 is 1.32 bits per heavy atom. The van der Waals surface area contributed by atoms with Crippen LogP contribution in [0, 0.1) is 12.8 Å². The smallest absolute Gasteiger partial charge is 0.266 e. The molecular formula is C19H22N6O2S. The Hall–Kier alpha value is -2.81. The minimum atomic E-state index is -0.0266. The van der Waals surface area contributed by atoms with Gasteiger partial charge in [0.05, 0.1) is 0 Å². The predicted molar refractivity (Wildman–Crippen MR) is 107 cm³/mol. The molecule has 0 saturated carbocycles. The molecule has 0 aliphatic carbocycles. The lowest BCUT2D eigenvalue weighted by Crippen LogP contribution is -2.38. The molecule has 0 bridgehead atoms. The molecule has 1 aliphatic heterocycles. The van der Waals surface area contributed by atoms with Crippen molar-refractivity contribution in [2.75, 3.05) is 23.3 Å². The van der Waals surface area contributed by atoms with Crippen LogP contribution in [0.25, 0.3) is 10.6 Å². The number of carbonyl (C=O) groups excluding carboxylic acids is 1. The number of piperidine rings is 1. The molecule has 28 heavy (non-hydrogen) atoms. The number of nitrogens with one attached hydrogen (secondary N) is 1. The fourth-order valence-corrected chi connectivity index (χ4v) is 3.94. The fourth-order valence-electron chi connectivity index (χ4n) is 3.25. The first kappa shape index (κ1) is 18.5. The van der Waals surface area contributed by atoms with Gasteiger partial charge in [-0.1, -0.05) is 30.4 Å². The van der Waals surface area contributed by atoms with Crippen LogP contribution in [0.4, 0.5) is 11.6 Å². The molecule has 0 radical (unpaired) electrons. The Morgan fingerprint density at radius 2 is 2.14 bits per heavy atom. The normalized spacial score (nSPS) is 15.0. The topological polar surface area (TPSA) is 97.0 Å². The monoisotopic (exact) mass is 398 g/mol. The van der Waals surface area contributed by atoms with Crippen LogP contribution in [-0.4, -0.2) is 39.3 Å². The number of hydrogen-bond acceptors (Lipinski definition) is 8. The quantitative estimate of drug-likeness (QED) is 0.704. The molecule has 0 spiro atoms. The third-order valence-corrected chi connectivity index (χ3v) is 5.70. The zero-order valence-electron chi connectivity index (χ0n) is 15.9. The van der Waals surface area contributed by atoms with E-state index in [1.165, 1.54) is 11.3 Å². The average molecular weight is 398 g/mol. The van der Waals surface area contributed by atoms with Crippen molar-refractivity contribution in [2.24, 2.45) is 5.92 Å². The summed E-state index contributed by atoms with van der Waals surface area (Å²) in [5, 5.41) is 17.1. The van der Waals surface area contributed by atoms with E-state index in [0.29, 0.717) is 11.8 Å².